The van der Waals surface area contributed by atoms with Crippen molar-refractivity contribution in [2.75, 3.05) is 4.90 Å². The number of hydrogen-bond acceptors (Lipinski definition) is 2. The number of carbonyl (C=O) groups excluding carboxylic acids is 1. The van der Waals surface area contributed by atoms with E-state index >= 15 is 0 Å². The van der Waals surface area contributed by atoms with E-state index in [9.17, 15) is 9.18 Å². The zero-order valence-corrected chi connectivity index (χ0v) is 17.6. The molecule has 0 aromatic heterocycles. The number of carbonyl (C=O) groups is 1. The summed E-state index contributed by atoms with van der Waals surface area (Å²) < 4.78 is 14.9. The third kappa shape index (κ3) is 3.70. The smallest absolute Gasteiger partial charge is 0.266 e. The molecule has 0 bridgehead atoms. The Labute approximate surface area is 178 Å². The number of hydrogen-bond donors (Lipinski definition) is 0. The molecule has 0 aliphatic carbocycles. The van der Waals surface area contributed by atoms with Crippen LogP contribution >= 0.6 is 31.9 Å². The molecule has 0 saturated carbocycles. The van der Waals surface area contributed by atoms with Crippen molar-refractivity contribution in [3.05, 3.63) is 104 Å². The highest BCUT2D eigenvalue weighted by atomic mass is 79.9. The van der Waals surface area contributed by atoms with E-state index in [1.54, 1.807) is 23.1 Å². The maximum absolute atomic E-state index is 13.2. The predicted octanol–water partition coefficient (Wildman–Crippen LogP) is 6.19. The monoisotopic (exact) mass is 498 g/mol. The largest absolute Gasteiger partial charge is 0.282 e. The highest BCUT2D eigenvalue weighted by Gasteiger charge is 2.33. The Morgan fingerprint density at radius 1 is 0.893 bits per heavy atom. The molecule has 3 aromatic rings. The lowest BCUT2D eigenvalue weighted by atomic mass is 10.1. The van der Waals surface area contributed by atoms with E-state index in [2.05, 4.69) is 36.9 Å². The highest BCUT2D eigenvalue weighted by molar-refractivity contribution is 9.10. The second kappa shape index (κ2) is 7.81. The Morgan fingerprint density at radius 3 is 2.25 bits per heavy atom. The Bertz CT molecular complexity index is 1110. The molecule has 6 heteroatoms. The second-order valence-electron chi connectivity index (χ2n) is 6.11. The first-order valence-corrected chi connectivity index (χ1v) is 10.0. The topological polar surface area (TPSA) is 32.7 Å². The van der Waals surface area contributed by atoms with Crippen LogP contribution in [0.3, 0.4) is 0 Å². The number of benzene rings is 3. The Morgan fingerprint density at radius 2 is 1.57 bits per heavy atom. The minimum Gasteiger partial charge on any atom is -0.266 e. The molecule has 1 heterocycles. The lowest BCUT2D eigenvalue weighted by molar-refractivity contribution is -0.113. The fourth-order valence-electron chi connectivity index (χ4n) is 2.89. The molecule has 0 fully saturated rings. The summed E-state index contributed by atoms with van der Waals surface area (Å²) >= 11 is 6.96. The van der Waals surface area contributed by atoms with Crippen molar-refractivity contribution in [3.8, 4) is 0 Å². The fourth-order valence-corrected chi connectivity index (χ4v) is 3.61. The average molecular weight is 500 g/mol. The molecule has 0 atom stereocenters. The van der Waals surface area contributed by atoms with Gasteiger partial charge < -0.3 is 0 Å². The number of halogens is 3. The molecule has 0 saturated heterocycles. The molecule has 4 rings (SSSR count). The van der Waals surface area contributed by atoms with Crippen molar-refractivity contribution in [3.63, 3.8) is 0 Å². The Balaban J connectivity index is 1.84. The van der Waals surface area contributed by atoms with E-state index in [-0.39, 0.29) is 11.7 Å². The molecule has 3 aromatic carbocycles. The first-order valence-electron chi connectivity index (χ1n) is 8.44. The summed E-state index contributed by atoms with van der Waals surface area (Å²) in [5.74, 6) is -0.0284. The van der Waals surface area contributed by atoms with Crippen LogP contribution in [-0.2, 0) is 4.79 Å². The minimum atomic E-state index is -0.325. The van der Waals surface area contributed by atoms with Gasteiger partial charge in [0.05, 0.1) is 5.69 Å². The second-order valence-corrected chi connectivity index (χ2v) is 7.88. The Hall–Kier alpha value is -2.57. The first-order chi connectivity index (χ1) is 13.5. The zero-order chi connectivity index (χ0) is 19.7. The number of anilines is 1. The molecule has 28 heavy (non-hydrogen) atoms. The molecule has 1 aliphatic heterocycles. The highest BCUT2D eigenvalue weighted by Crippen LogP contribution is 2.31. The number of rotatable bonds is 3. The normalized spacial score (nSPS) is 15.2. The predicted molar refractivity (Wildman–Crippen MR) is 117 cm³/mol. The molecule has 3 nitrogen and oxygen atoms in total. The number of aliphatic imine (C=N–C) groups is 1. The van der Waals surface area contributed by atoms with E-state index in [4.69, 9.17) is 0 Å². The van der Waals surface area contributed by atoms with Gasteiger partial charge in [-0.25, -0.2) is 9.38 Å². The minimum absolute atomic E-state index is 0.239. The summed E-state index contributed by atoms with van der Waals surface area (Å²) in [7, 11) is 0. The van der Waals surface area contributed by atoms with Crippen LogP contribution in [-0.4, -0.2) is 11.7 Å². The van der Waals surface area contributed by atoms with Crippen LogP contribution in [0.25, 0.3) is 6.08 Å². The maximum Gasteiger partial charge on any atom is 0.282 e. The van der Waals surface area contributed by atoms with Crippen LogP contribution in [0, 0.1) is 5.82 Å². The summed E-state index contributed by atoms with van der Waals surface area (Å²) in [6.45, 7) is 0. The number of amidine groups is 1. The van der Waals surface area contributed by atoms with E-state index in [0.29, 0.717) is 22.8 Å². The van der Waals surface area contributed by atoms with Crippen molar-refractivity contribution in [2.45, 2.75) is 0 Å². The number of nitrogens with zero attached hydrogens (tertiary/aromatic N) is 2. The average Bonchev–Trinajstić information content (AvgIpc) is 3.01. The zero-order valence-electron chi connectivity index (χ0n) is 14.4. The van der Waals surface area contributed by atoms with Gasteiger partial charge in [0.25, 0.3) is 5.91 Å². The van der Waals surface area contributed by atoms with E-state index < -0.39 is 0 Å². The number of amides is 1. The molecule has 1 amide bonds. The molecule has 0 spiro atoms. The molecule has 0 N–H and O–H groups in total. The Kier molecular flexibility index (Phi) is 5.24. The molecular formula is C22H13Br2FN2O. The van der Waals surface area contributed by atoms with Gasteiger partial charge in [-0.3, -0.25) is 9.69 Å². The van der Waals surface area contributed by atoms with Crippen LogP contribution in [0.4, 0.5) is 10.1 Å². The van der Waals surface area contributed by atoms with Crippen molar-refractivity contribution in [1.29, 1.82) is 0 Å². The van der Waals surface area contributed by atoms with Gasteiger partial charge in [0.2, 0.25) is 0 Å². The standard InChI is InChI=1S/C22H13Br2FN2O/c23-15-7-11-17(12-8-15)27-21(18-3-1-2-4-19(18)24)26-20(22(27)28)13-14-5-9-16(25)10-6-14/h1-13H/b20-13+. The first kappa shape index (κ1) is 18.8. The van der Waals surface area contributed by atoms with Crippen LogP contribution in [0.5, 0.6) is 0 Å². The summed E-state index contributed by atoms with van der Waals surface area (Å²) in [6.07, 6.45) is 1.66. The van der Waals surface area contributed by atoms with Crippen LogP contribution in [0.1, 0.15) is 11.1 Å². The van der Waals surface area contributed by atoms with Gasteiger partial charge in [-0.15, -0.1) is 0 Å². The molecule has 1 aliphatic rings. The van der Waals surface area contributed by atoms with E-state index in [1.165, 1.54) is 12.1 Å². The summed E-state index contributed by atoms with van der Waals surface area (Å²) in [6, 6.07) is 21.0. The third-order valence-corrected chi connectivity index (χ3v) is 5.45. The summed E-state index contributed by atoms with van der Waals surface area (Å²) in [5, 5.41) is 0. The van der Waals surface area contributed by atoms with Gasteiger partial charge in [-0.05, 0) is 54.1 Å². The van der Waals surface area contributed by atoms with Gasteiger partial charge in [-0.2, -0.15) is 0 Å². The van der Waals surface area contributed by atoms with Gasteiger partial charge in [0.15, 0.2) is 0 Å². The molecule has 138 valence electrons. The lowest BCUT2D eigenvalue weighted by Gasteiger charge is -2.19. The van der Waals surface area contributed by atoms with Crippen LogP contribution in [0.2, 0.25) is 0 Å². The van der Waals surface area contributed by atoms with Gasteiger partial charge >= 0.3 is 0 Å². The quantitative estimate of drug-likeness (QED) is 0.396. The summed E-state index contributed by atoms with van der Waals surface area (Å²) in [4.78, 5) is 19.4. The van der Waals surface area contributed by atoms with Crippen molar-refractivity contribution >= 4 is 55.4 Å². The molecule has 0 radical (unpaired) electrons. The maximum atomic E-state index is 13.2. The van der Waals surface area contributed by atoms with Crippen molar-refractivity contribution in [2.24, 2.45) is 4.99 Å². The van der Waals surface area contributed by atoms with Gasteiger partial charge in [-0.1, -0.05) is 62.2 Å². The third-order valence-electron chi connectivity index (χ3n) is 4.23. The van der Waals surface area contributed by atoms with Gasteiger partial charge in [0.1, 0.15) is 17.3 Å². The molecular weight excluding hydrogens is 487 g/mol. The van der Waals surface area contributed by atoms with E-state index in [0.717, 1.165) is 14.5 Å². The fraction of sp³-hybridized carbons (Fsp3) is 0. The SMILES string of the molecule is O=C1/C(=C\c2ccc(F)cc2)N=C(c2ccccc2Br)N1c1ccc(Br)cc1. The lowest BCUT2D eigenvalue weighted by Crippen LogP contribution is -2.32. The van der Waals surface area contributed by atoms with Crippen LogP contribution in [0.15, 0.2) is 92.4 Å². The van der Waals surface area contributed by atoms with Crippen molar-refractivity contribution < 1.29 is 9.18 Å². The van der Waals surface area contributed by atoms with E-state index in [1.807, 2.05) is 48.5 Å². The summed E-state index contributed by atoms with van der Waals surface area (Å²) in [5.41, 5.74) is 2.52. The molecule has 0 unspecified atom stereocenters. The van der Waals surface area contributed by atoms with Crippen molar-refractivity contribution in [1.82, 2.24) is 0 Å². The van der Waals surface area contributed by atoms with Gasteiger partial charge in [0, 0.05) is 14.5 Å². The van der Waals surface area contributed by atoms with Crippen LogP contribution < -0.4 is 4.90 Å².